The van der Waals surface area contributed by atoms with Crippen LogP contribution in [-0.2, 0) is 24.0 Å². The highest BCUT2D eigenvalue weighted by molar-refractivity contribution is 6.32. The Labute approximate surface area is 160 Å². The molecule has 12 heteroatoms. The second kappa shape index (κ2) is 12.1. The molecule has 0 saturated carbocycles. The van der Waals surface area contributed by atoms with E-state index < -0.39 is 67.0 Å². The van der Waals surface area contributed by atoms with Gasteiger partial charge in [0.1, 0.15) is 18.0 Å². The monoisotopic (exact) mass is 406 g/mol. The molecule has 0 spiro atoms. The summed E-state index contributed by atoms with van der Waals surface area (Å²) in [4.78, 5) is 55.4. The lowest BCUT2D eigenvalue weighted by Crippen LogP contribution is -2.58. The average Bonchev–Trinajstić information content (AvgIpc) is 2.60. The molecule has 0 rings (SSSR count). The Balaban J connectivity index is 4.94. The van der Waals surface area contributed by atoms with Crippen molar-refractivity contribution in [2.75, 3.05) is 6.54 Å². The first-order valence-corrected chi connectivity index (χ1v) is 8.38. The minimum Gasteiger partial charge on any atom is -0.475 e. The Morgan fingerprint density at radius 3 is 1.89 bits per heavy atom. The molecule has 0 heterocycles. The van der Waals surface area contributed by atoms with Crippen molar-refractivity contribution in [3.05, 3.63) is 0 Å². The Morgan fingerprint density at radius 1 is 0.857 bits per heavy atom. The van der Waals surface area contributed by atoms with E-state index in [1.807, 2.05) is 0 Å². The fraction of sp³-hybridized carbons (Fsp3) is 0.688. The summed E-state index contributed by atoms with van der Waals surface area (Å²) >= 11 is 0. The molecular formula is C16H26N2O10. The Hall–Kier alpha value is -2.41. The van der Waals surface area contributed by atoms with Gasteiger partial charge >= 0.3 is 5.97 Å². The molecule has 2 amide bonds. The summed E-state index contributed by atoms with van der Waals surface area (Å²) in [7, 11) is 0. The van der Waals surface area contributed by atoms with E-state index in [-0.39, 0.29) is 18.6 Å². The highest BCUT2D eigenvalue weighted by Crippen LogP contribution is 2.12. The number of hydrogen-bond donors (Lipinski definition) is 7. The summed E-state index contributed by atoms with van der Waals surface area (Å²) in [5, 5.41) is 52.9. The van der Waals surface area contributed by atoms with Gasteiger partial charge in [0.05, 0.1) is 18.2 Å². The second-order valence-electron chi connectivity index (χ2n) is 6.28. The van der Waals surface area contributed by atoms with Gasteiger partial charge in [0.25, 0.3) is 0 Å². The third kappa shape index (κ3) is 9.50. The zero-order valence-corrected chi connectivity index (χ0v) is 15.5. The Morgan fingerprint density at radius 2 is 1.43 bits per heavy atom. The third-order valence-corrected chi connectivity index (χ3v) is 3.74. The number of aliphatic carboxylic acids is 1. The third-order valence-electron chi connectivity index (χ3n) is 3.74. The van der Waals surface area contributed by atoms with Gasteiger partial charge in [0.15, 0.2) is 0 Å². The van der Waals surface area contributed by atoms with Gasteiger partial charge in [0, 0.05) is 32.7 Å². The van der Waals surface area contributed by atoms with Crippen LogP contribution in [0.5, 0.6) is 0 Å². The number of carbonyl (C=O) groups is 5. The molecular weight excluding hydrogens is 380 g/mol. The quantitative estimate of drug-likeness (QED) is 0.150. The van der Waals surface area contributed by atoms with Gasteiger partial charge in [-0.3, -0.25) is 14.4 Å². The lowest BCUT2D eigenvalue weighted by Gasteiger charge is -2.32. The second-order valence-corrected chi connectivity index (χ2v) is 6.28. The molecule has 0 aliphatic heterocycles. The van der Waals surface area contributed by atoms with Crippen LogP contribution in [0.15, 0.2) is 0 Å². The molecule has 0 aliphatic carbocycles. The maximum Gasteiger partial charge on any atom is 0.372 e. The Kier molecular flexibility index (Phi) is 11.1. The molecule has 28 heavy (non-hydrogen) atoms. The SMILES string of the molecule is CC(=O)CCC(=O)NC[C@@H](O)[C@@H](O)[C@H](O)[C@H](NC(C)=O)[C@@H](O)CC(=O)C(=O)O. The van der Waals surface area contributed by atoms with E-state index in [4.69, 9.17) is 5.11 Å². The molecule has 0 radical (unpaired) electrons. The highest BCUT2D eigenvalue weighted by atomic mass is 16.4. The van der Waals surface area contributed by atoms with Gasteiger partial charge in [-0.05, 0) is 6.92 Å². The molecule has 0 aliphatic rings. The number of carboxylic acids is 1. The van der Waals surface area contributed by atoms with E-state index in [0.29, 0.717) is 0 Å². The molecule has 12 nitrogen and oxygen atoms in total. The molecule has 5 atom stereocenters. The number of ketones is 2. The van der Waals surface area contributed by atoms with Gasteiger partial charge in [0.2, 0.25) is 17.6 Å². The van der Waals surface area contributed by atoms with Crippen molar-refractivity contribution in [1.29, 1.82) is 0 Å². The van der Waals surface area contributed by atoms with Crippen LogP contribution in [0.1, 0.15) is 33.1 Å². The van der Waals surface area contributed by atoms with Gasteiger partial charge in [-0.15, -0.1) is 0 Å². The van der Waals surface area contributed by atoms with Crippen molar-refractivity contribution in [2.24, 2.45) is 0 Å². The molecule has 0 fully saturated rings. The van der Waals surface area contributed by atoms with Crippen LogP contribution < -0.4 is 10.6 Å². The first kappa shape index (κ1) is 25.6. The van der Waals surface area contributed by atoms with Crippen molar-refractivity contribution in [2.45, 2.75) is 63.6 Å². The largest absolute Gasteiger partial charge is 0.475 e. The number of aliphatic hydroxyl groups is 4. The van der Waals surface area contributed by atoms with E-state index in [2.05, 4.69) is 10.6 Å². The van der Waals surface area contributed by atoms with Gasteiger partial charge in [-0.25, -0.2) is 4.79 Å². The van der Waals surface area contributed by atoms with Crippen LogP contribution in [0.4, 0.5) is 0 Å². The van der Waals surface area contributed by atoms with Crippen molar-refractivity contribution < 1.29 is 49.5 Å². The lowest BCUT2D eigenvalue weighted by molar-refractivity contribution is -0.151. The van der Waals surface area contributed by atoms with Crippen molar-refractivity contribution in [1.82, 2.24) is 10.6 Å². The maximum atomic E-state index is 11.5. The zero-order chi connectivity index (χ0) is 22.0. The molecule has 0 unspecified atom stereocenters. The topological polar surface area (TPSA) is 211 Å². The highest BCUT2D eigenvalue weighted by Gasteiger charge is 2.37. The van der Waals surface area contributed by atoms with Gasteiger partial charge in [-0.2, -0.15) is 0 Å². The van der Waals surface area contributed by atoms with Crippen LogP contribution in [0.2, 0.25) is 0 Å². The fourth-order valence-corrected chi connectivity index (χ4v) is 2.21. The molecule has 160 valence electrons. The summed E-state index contributed by atoms with van der Waals surface area (Å²) in [6, 6.07) is -1.67. The number of carboxylic acid groups (broad SMARTS) is 1. The maximum absolute atomic E-state index is 11.5. The summed E-state index contributed by atoms with van der Waals surface area (Å²) < 4.78 is 0. The van der Waals surface area contributed by atoms with Crippen LogP contribution in [0.25, 0.3) is 0 Å². The number of carbonyl (C=O) groups excluding carboxylic acids is 4. The standard InChI is InChI=1S/C16H26N2O10/c1-7(19)3-4-12(24)17-6-11(23)14(25)15(26)13(18-8(2)20)9(21)5-10(22)16(27)28/h9,11,13-15,21,23,25-26H,3-6H2,1-2H3,(H,17,24)(H,18,20)(H,27,28)/t9-,11+,13+,14+,15+/m0/s1. The summed E-state index contributed by atoms with van der Waals surface area (Å²) in [6.45, 7) is 1.81. The minimum absolute atomic E-state index is 0.0124. The predicted molar refractivity (Wildman–Crippen MR) is 91.8 cm³/mol. The van der Waals surface area contributed by atoms with Crippen molar-refractivity contribution in [3.63, 3.8) is 0 Å². The van der Waals surface area contributed by atoms with E-state index in [1.165, 1.54) is 6.92 Å². The van der Waals surface area contributed by atoms with Crippen LogP contribution in [-0.4, -0.2) is 91.9 Å². The predicted octanol–water partition coefficient (Wildman–Crippen LogP) is -3.54. The number of nitrogens with one attached hydrogen (secondary N) is 2. The summed E-state index contributed by atoms with van der Waals surface area (Å²) in [6.07, 6.45) is -8.66. The molecule has 7 N–H and O–H groups in total. The number of amides is 2. The minimum atomic E-state index is -2.00. The zero-order valence-electron chi connectivity index (χ0n) is 15.5. The summed E-state index contributed by atoms with van der Waals surface area (Å²) in [5.74, 6) is -4.77. The first-order chi connectivity index (χ1) is 12.9. The van der Waals surface area contributed by atoms with Crippen LogP contribution >= 0.6 is 0 Å². The van der Waals surface area contributed by atoms with E-state index in [1.54, 1.807) is 0 Å². The van der Waals surface area contributed by atoms with Gasteiger partial charge in [-0.1, -0.05) is 0 Å². The summed E-state index contributed by atoms with van der Waals surface area (Å²) in [5.41, 5.74) is 0. The van der Waals surface area contributed by atoms with E-state index >= 15 is 0 Å². The smallest absolute Gasteiger partial charge is 0.372 e. The molecule has 0 aromatic heterocycles. The van der Waals surface area contributed by atoms with Crippen LogP contribution in [0.3, 0.4) is 0 Å². The average molecular weight is 406 g/mol. The van der Waals surface area contributed by atoms with E-state index in [0.717, 1.165) is 6.92 Å². The number of aliphatic hydroxyl groups excluding tert-OH is 4. The number of Topliss-reactive ketones (excluding diaryl/α,β-unsaturated/α-hetero) is 2. The van der Waals surface area contributed by atoms with Crippen LogP contribution in [0, 0.1) is 0 Å². The molecule has 0 aromatic carbocycles. The van der Waals surface area contributed by atoms with Crippen molar-refractivity contribution in [3.8, 4) is 0 Å². The Bertz CT molecular complexity index is 594. The first-order valence-electron chi connectivity index (χ1n) is 8.38. The van der Waals surface area contributed by atoms with Crippen molar-refractivity contribution >= 4 is 29.4 Å². The number of rotatable bonds is 13. The van der Waals surface area contributed by atoms with Gasteiger partial charge < -0.3 is 41.0 Å². The number of hydrogen-bond acceptors (Lipinski definition) is 9. The molecule has 0 aromatic rings. The molecule has 0 bridgehead atoms. The normalized spacial score (nSPS) is 16.2. The fourth-order valence-electron chi connectivity index (χ4n) is 2.21. The lowest BCUT2D eigenvalue weighted by atomic mass is 9.93. The molecule has 0 saturated heterocycles. The van der Waals surface area contributed by atoms with E-state index in [9.17, 15) is 44.4 Å².